The van der Waals surface area contributed by atoms with Gasteiger partial charge in [0.1, 0.15) is 11.6 Å². The normalized spacial score (nSPS) is 18.8. The van der Waals surface area contributed by atoms with E-state index >= 15 is 0 Å². The third-order valence-electron chi connectivity index (χ3n) is 3.10. The Morgan fingerprint density at radius 1 is 1.42 bits per heavy atom. The molecule has 100 valence electrons. The zero-order valence-electron chi connectivity index (χ0n) is 10.2. The number of piperidine rings is 1. The molecule has 2 rings (SSSR count). The molecule has 0 bridgehead atoms. The molecular weight excluding hydrogens is 252 g/mol. The second-order valence-electron chi connectivity index (χ2n) is 4.45. The lowest BCUT2D eigenvalue weighted by molar-refractivity contribution is -0.122. The van der Waals surface area contributed by atoms with Crippen LogP contribution in [0.1, 0.15) is 24.0 Å². The van der Waals surface area contributed by atoms with Crippen LogP contribution in [0.15, 0.2) is 12.1 Å². The highest BCUT2D eigenvalue weighted by molar-refractivity contribution is 5.76. The molecule has 0 saturated carbocycles. The highest BCUT2D eigenvalue weighted by atomic mass is 19.1. The van der Waals surface area contributed by atoms with Crippen LogP contribution in [0.25, 0.3) is 0 Å². The number of hydrogen-bond donors (Lipinski definition) is 2. The monoisotopic (exact) mass is 265 g/mol. The van der Waals surface area contributed by atoms with Crippen LogP contribution in [0.4, 0.5) is 8.78 Å². The van der Waals surface area contributed by atoms with Crippen LogP contribution in [-0.4, -0.2) is 18.5 Å². The quantitative estimate of drug-likeness (QED) is 0.863. The summed E-state index contributed by atoms with van der Waals surface area (Å²) >= 11 is 0. The maximum absolute atomic E-state index is 13.6. The Labute approximate surface area is 109 Å². The van der Waals surface area contributed by atoms with Crippen molar-refractivity contribution >= 4 is 5.91 Å². The van der Waals surface area contributed by atoms with Gasteiger partial charge in [0.25, 0.3) is 0 Å². The van der Waals surface area contributed by atoms with Crippen molar-refractivity contribution in [2.75, 3.05) is 6.54 Å². The van der Waals surface area contributed by atoms with Crippen LogP contribution >= 0.6 is 0 Å². The molecule has 1 heterocycles. The van der Waals surface area contributed by atoms with Crippen LogP contribution in [0.3, 0.4) is 0 Å². The van der Waals surface area contributed by atoms with Crippen molar-refractivity contribution in [1.29, 1.82) is 5.26 Å². The largest absolute Gasteiger partial charge is 0.355 e. The lowest BCUT2D eigenvalue weighted by atomic mass is 10.1. The maximum atomic E-state index is 13.6. The topological polar surface area (TPSA) is 64.9 Å². The summed E-state index contributed by atoms with van der Waals surface area (Å²) in [6, 6.07) is 3.74. The number of carbonyl (C=O) groups excluding carboxylic acids is 1. The average Bonchev–Trinajstić information content (AvgIpc) is 2.39. The number of hydrogen-bond acceptors (Lipinski definition) is 3. The minimum absolute atomic E-state index is 0.00576. The van der Waals surface area contributed by atoms with Gasteiger partial charge in [-0.2, -0.15) is 5.26 Å². The molecule has 1 aliphatic heterocycles. The number of nitrogens with zero attached hydrogens (tertiary/aromatic N) is 1. The Morgan fingerprint density at radius 3 is 2.63 bits per heavy atom. The van der Waals surface area contributed by atoms with Gasteiger partial charge in [0.15, 0.2) is 0 Å². The molecule has 0 aromatic heterocycles. The lowest BCUT2D eigenvalue weighted by Gasteiger charge is -2.23. The predicted octanol–water partition coefficient (Wildman–Crippen LogP) is 1.20. The SMILES string of the molecule is N#Cc1cc(F)c(CNC2CCC(=O)NC2)c(F)c1. The smallest absolute Gasteiger partial charge is 0.220 e. The summed E-state index contributed by atoms with van der Waals surface area (Å²) in [5.41, 5.74) is -0.125. The van der Waals surface area contributed by atoms with Gasteiger partial charge in [-0.05, 0) is 18.6 Å². The summed E-state index contributed by atoms with van der Waals surface area (Å²) in [5.74, 6) is -1.47. The van der Waals surface area contributed by atoms with Crippen LogP contribution in [0.2, 0.25) is 0 Å². The Bertz CT molecular complexity index is 506. The molecule has 2 N–H and O–H groups in total. The number of nitrogens with one attached hydrogen (secondary N) is 2. The number of rotatable bonds is 3. The molecule has 1 fully saturated rings. The summed E-state index contributed by atoms with van der Waals surface area (Å²) in [6.45, 7) is 0.488. The van der Waals surface area contributed by atoms with E-state index in [2.05, 4.69) is 10.6 Å². The van der Waals surface area contributed by atoms with Crippen molar-refractivity contribution < 1.29 is 13.6 Å². The van der Waals surface area contributed by atoms with Gasteiger partial charge in [-0.1, -0.05) is 0 Å². The van der Waals surface area contributed by atoms with Crippen molar-refractivity contribution in [3.63, 3.8) is 0 Å². The summed E-state index contributed by atoms with van der Waals surface area (Å²) in [4.78, 5) is 11.0. The zero-order valence-corrected chi connectivity index (χ0v) is 10.2. The molecule has 1 aromatic carbocycles. The van der Waals surface area contributed by atoms with Gasteiger partial charge in [-0.3, -0.25) is 4.79 Å². The minimum Gasteiger partial charge on any atom is -0.355 e. The van der Waals surface area contributed by atoms with Gasteiger partial charge in [0.2, 0.25) is 5.91 Å². The van der Waals surface area contributed by atoms with Crippen molar-refractivity contribution in [1.82, 2.24) is 10.6 Å². The predicted molar refractivity (Wildman–Crippen MR) is 63.9 cm³/mol. The number of halogens is 2. The van der Waals surface area contributed by atoms with E-state index in [1.54, 1.807) is 6.07 Å². The Morgan fingerprint density at radius 2 is 2.11 bits per heavy atom. The number of benzene rings is 1. The van der Waals surface area contributed by atoms with E-state index < -0.39 is 11.6 Å². The van der Waals surface area contributed by atoms with E-state index in [4.69, 9.17) is 5.26 Å². The summed E-state index contributed by atoms with van der Waals surface area (Å²) in [5, 5.41) is 14.3. The zero-order chi connectivity index (χ0) is 13.8. The van der Waals surface area contributed by atoms with E-state index in [1.807, 2.05) is 0 Å². The summed E-state index contributed by atoms with van der Waals surface area (Å²) in [7, 11) is 0. The molecule has 0 spiro atoms. The molecule has 19 heavy (non-hydrogen) atoms. The van der Waals surface area contributed by atoms with Crippen LogP contribution in [0.5, 0.6) is 0 Å². The first-order chi connectivity index (χ1) is 9.10. The second-order valence-corrected chi connectivity index (χ2v) is 4.45. The third kappa shape index (κ3) is 3.26. The highest BCUT2D eigenvalue weighted by Gasteiger charge is 2.19. The van der Waals surface area contributed by atoms with E-state index in [9.17, 15) is 13.6 Å². The van der Waals surface area contributed by atoms with Gasteiger partial charge in [0, 0.05) is 31.1 Å². The molecule has 1 atom stereocenters. The number of nitriles is 1. The average molecular weight is 265 g/mol. The van der Waals surface area contributed by atoms with Gasteiger partial charge >= 0.3 is 0 Å². The van der Waals surface area contributed by atoms with Crippen molar-refractivity contribution in [2.45, 2.75) is 25.4 Å². The molecule has 1 amide bonds. The molecule has 1 aliphatic rings. The van der Waals surface area contributed by atoms with Crippen molar-refractivity contribution in [3.8, 4) is 6.07 Å². The van der Waals surface area contributed by atoms with Gasteiger partial charge < -0.3 is 10.6 Å². The molecule has 1 saturated heterocycles. The highest BCUT2D eigenvalue weighted by Crippen LogP contribution is 2.15. The first-order valence-corrected chi connectivity index (χ1v) is 5.98. The molecule has 1 aromatic rings. The fourth-order valence-electron chi connectivity index (χ4n) is 1.99. The Kier molecular flexibility index (Phi) is 4.07. The molecule has 0 aliphatic carbocycles. The lowest BCUT2D eigenvalue weighted by Crippen LogP contribution is -2.45. The molecule has 1 unspecified atom stereocenters. The van der Waals surface area contributed by atoms with E-state index in [0.29, 0.717) is 19.4 Å². The fraction of sp³-hybridized carbons (Fsp3) is 0.385. The van der Waals surface area contributed by atoms with Gasteiger partial charge in [-0.15, -0.1) is 0 Å². The van der Waals surface area contributed by atoms with Crippen molar-refractivity contribution in [2.24, 2.45) is 0 Å². The van der Waals surface area contributed by atoms with E-state index in [1.165, 1.54) is 0 Å². The molecular formula is C13H13F2N3O. The summed E-state index contributed by atoms with van der Waals surface area (Å²) in [6.07, 6.45) is 1.06. The van der Waals surface area contributed by atoms with Crippen LogP contribution in [0, 0.1) is 23.0 Å². The number of amides is 1. The molecule has 6 heteroatoms. The first-order valence-electron chi connectivity index (χ1n) is 5.98. The van der Waals surface area contributed by atoms with Crippen LogP contribution in [-0.2, 0) is 11.3 Å². The minimum atomic E-state index is -0.733. The molecule has 0 radical (unpaired) electrons. The van der Waals surface area contributed by atoms with E-state index in [-0.39, 0.29) is 29.6 Å². The van der Waals surface area contributed by atoms with Gasteiger partial charge in [0.05, 0.1) is 11.6 Å². The summed E-state index contributed by atoms with van der Waals surface area (Å²) < 4.78 is 27.2. The fourth-order valence-corrected chi connectivity index (χ4v) is 1.99. The number of carbonyl (C=O) groups is 1. The molecule has 4 nitrogen and oxygen atoms in total. The second kappa shape index (κ2) is 5.76. The third-order valence-corrected chi connectivity index (χ3v) is 3.10. The Balaban J connectivity index is 2.00. The van der Waals surface area contributed by atoms with E-state index in [0.717, 1.165) is 12.1 Å². The maximum Gasteiger partial charge on any atom is 0.220 e. The standard InChI is InChI=1S/C13H13F2N3O/c14-11-3-8(5-16)4-12(15)10(11)7-17-9-1-2-13(19)18-6-9/h3-4,9,17H,1-2,6-7H2,(H,18,19). The van der Waals surface area contributed by atoms with Crippen LogP contribution < -0.4 is 10.6 Å². The van der Waals surface area contributed by atoms with Crippen molar-refractivity contribution in [3.05, 3.63) is 34.9 Å². The Hall–Kier alpha value is -2.00. The van der Waals surface area contributed by atoms with Gasteiger partial charge in [-0.25, -0.2) is 8.78 Å². The first kappa shape index (κ1) is 13.4.